The minimum absolute atomic E-state index is 0.121. The largest absolute Gasteiger partial charge is 0.289 e. The molecule has 0 N–H and O–H groups in total. The Morgan fingerprint density at radius 1 is 0.464 bits per heavy atom. The van der Waals surface area contributed by atoms with Gasteiger partial charge in [0, 0.05) is 11.1 Å². The van der Waals surface area contributed by atoms with Crippen molar-refractivity contribution in [2.75, 3.05) is 0 Å². The summed E-state index contributed by atoms with van der Waals surface area (Å²) in [5.74, 6) is 0.121. The van der Waals surface area contributed by atoms with E-state index in [9.17, 15) is 4.79 Å². The third-order valence-corrected chi connectivity index (χ3v) is 5.52. The molecule has 0 saturated heterocycles. The van der Waals surface area contributed by atoms with E-state index in [4.69, 9.17) is 0 Å². The lowest BCUT2D eigenvalue weighted by Gasteiger charge is -2.14. The highest BCUT2D eigenvalue weighted by atomic mass is 16.1. The van der Waals surface area contributed by atoms with Gasteiger partial charge in [-0.05, 0) is 59.4 Å². The van der Waals surface area contributed by atoms with Crippen LogP contribution in [0, 0.1) is 13.8 Å². The number of fused-ring (bicyclic) bond motifs is 3. The molecule has 0 amide bonds. The summed E-state index contributed by atoms with van der Waals surface area (Å²) in [6.45, 7) is 4.21. The maximum Gasteiger partial charge on any atom is 0.194 e. The highest BCUT2D eigenvalue weighted by Gasteiger charge is 2.28. The van der Waals surface area contributed by atoms with Crippen LogP contribution in [-0.2, 0) is 0 Å². The first-order valence-corrected chi connectivity index (χ1v) is 9.58. The van der Waals surface area contributed by atoms with E-state index in [1.54, 1.807) is 0 Å². The number of ketones is 1. The number of hydrogen-bond acceptors (Lipinski definition) is 1. The van der Waals surface area contributed by atoms with E-state index in [0.29, 0.717) is 0 Å². The predicted octanol–water partition coefficient (Wildman–Crippen LogP) is 6.85. The van der Waals surface area contributed by atoms with Crippen molar-refractivity contribution >= 4 is 5.78 Å². The van der Waals surface area contributed by atoms with E-state index < -0.39 is 0 Å². The van der Waals surface area contributed by atoms with Crippen molar-refractivity contribution in [1.82, 2.24) is 0 Å². The molecule has 4 aromatic rings. The molecule has 0 spiro atoms. The van der Waals surface area contributed by atoms with Gasteiger partial charge in [0.1, 0.15) is 0 Å². The van der Waals surface area contributed by atoms with E-state index in [1.807, 2.05) is 24.3 Å². The molecule has 1 aliphatic carbocycles. The average Bonchev–Trinajstić information content (AvgIpc) is 2.99. The van der Waals surface area contributed by atoms with Gasteiger partial charge < -0.3 is 0 Å². The Hall–Kier alpha value is -3.45. The molecule has 134 valence electrons. The monoisotopic (exact) mass is 360 g/mol. The van der Waals surface area contributed by atoms with E-state index in [0.717, 1.165) is 38.9 Å². The SMILES string of the molecule is Cc1cccc(-c2cc3c(cc2-c2cccc(C)c2)-c2ccccc2C3=O)c1. The lowest BCUT2D eigenvalue weighted by atomic mass is 9.89. The molecule has 0 aromatic heterocycles. The Morgan fingerprint density at radius 2 is 1.00 bits per heavy atom. The Balaban J connectivity index is 1.83. The lowest BCUT2D eigenvalue weighted by molar-refractivity contribution is 0.104. The second-order valence-corrected chi connectivity index (χ2v) is 7.56. The lowest BCUT2D eigenvalue weighted by Crippen LogP contribution is -1.96. The molecule has 0 atom stereocenters. The number of carbonyl (C=O) groups is 1. The Bertz CT molecular complexity index is 1250. The second-order valence-electron chi connectivity index (χ2n) is 7.56. The maximum absolute atomic E-state index is 13.0. The molecule has 0 fully saturated rings. The van der Waals surface area contributed by atoms with Crippen LogP contribution >= 0.6 is 0 Å². The molecule has 0 radical (unpaired) electrons. The minimum Gasteiger partial charge on any atom is -0.289 e. The quantitative estimate of drug-likeness (QED) is 0.336. The van der Waals surface area contributed by atoms with Gasteiger partial charge in [-0.1, -0.05) is 83.9 Å². The molecule has 1 nitrogen and oxygen atoms in total. The van der Waals surface area contributed by atoms with Gasteiger partial charge in [-0.3, -0.25) is 4.79 Å². The molecular weight excluding hydrogens is 340 g/mol. The topological polar surface area (TPSA) is 17.1 Å². The van der Waals surface area contributed by atoms with Crippen LogP contribution in [0.5, 0.6) is 0 Å². The summed E-state index contributed by atoms with van der Waals surface area (Å²) < 4.78 is 0. The smallest absolute Gasteiger partial charge is 0.194 e. The third-order valence-electron chi connectivity index (χ3n) is 5.52. The molecule has 0 heterocycles. The minimum atomic E-state index is 0.121. The highest BCUT2D eigenvalue weighted by Crippen LogP contribution is 2.43. The van der Waals surface area contributed by atoms with Crippen LogP contribution in [0.25, 0.3) is 33.4 Å². The van der Waals surface area contributed by atoms with Crippen LogP contribution in [0.15, 0.2) is 84.9 Å². The van der Waals surface area contributed by atoms with Crippen LogP contribution in [0.1, 0.15) is 27.0 Å². The van der Waals surface area contributed by atoms with E-state index >= 15 is 0 Å². The van der Waals surface area contributed by atoms with Gasteiger partial charge in [0.05, 0.1) is 0 Å². The van der Waals surface area contributed by atoms with Crippen LogP contribution in [0.3, 0.4) is 0 Å². The van der Waals surface area contributed by atoms with Gasteiger partial charge in [0.2, 0.25) is 0 Å². The van der Waals surface area contributed by atoms with Crippen molar-refractivity contribution in [2.45, 2.75) is 13.8 Å². The zero-order valence-electron chi connectivity index (χ0n) is 16.0. The molecule has 1 heteroatoms. The van der Waals surface area contributed by atoms with Crippen molar-refractivity contribution in [1.29, 1.82) is 0 Å². The number of hydrogen-bond donors (Lipinski definition) is 0. The van der Waals surface area contributed by atoms with Gasteiger partial charge in [-0.2, -0.15) is 0 Å². The first kappa shape index (κ1) is 16.7. The van der Waals surface area contributed by atoms with Gasteiger partial charge >= 0.3 is 0 Å². The molecule has 28 heavy (non-hydrogen) atoms. The standard InChI is InChI=1S/C27H20O/c1-17-7-5-9-19(13-17)23-15-25-21-11-3-4-12-22(21)27(28)26(25)16-24(23)20-10-6-8-18(2)14-20/h3-16H,1-2H3. The van der Waals surface area contributed by atoms with Gasteiger partial charge in [0.15, 0.2) is 5.78 Å². The molecule has 0 aliphatic heterocycles. The molecule has 4 aromatic carbocycles. The van der Waals surface area contributed by atoms with E-state index in [2.05, 4.69) is 74.5 Å². The first-order chi connectivity index (χ1) is 13.6. The summed E-state index contributed by atoms with van der Waals surface area (Å²) >= 11 is 0. The van der Waals surface area contributed by atoms with Crippen molar-refractivity contribution in [3.63, 3.8) is 0 Å². The van der Waals surface area contributed by atoms with Crippen molar-refractivity contribution in [3.8, 4) is 33.4 Å². The van der Waals surface area contributed by atoms with Crippen molar-refractivity contribution < 1.29 is 4.79 Å². The molecule has 0 bridgehead atoms. The fourth-order valence-corrected chi connectivity index (χ4v) is 4.17. The number of rotatable bonds is 2. The second kappa shape index (κ2) is 6.31. The van der Waals surface area contributed by atoms with Crippen LogP contribution in [0.2, 0.25) is 0 Å². The molecule has 0 unspecified atom stereocenters. The normalized spacial score (nSPS) is 12.0. The third kappa shape index (κ3) is 2.59. The summed E-state index contributed by atoms with van der Waals surface area (Å²) in [6.07, 6.45) is 0. The molecule has 0 saturated carbocycles. The molecular formula is C27H20O. The molecule has 1 aliphatic rings. The van der Waals surface area contributed by atoms with Crippen LogP contribution in [0.4, 0.5) is 0 Å². The summed E-state index contributed by atoms with van der Waals surface area (Å²) in [4.78, 5) is 13.0. The van der Waals surface area contributed by atoms with Crippen LogP contribution in [-0.4, -0.2) is 5.78 Å². The summed E-state index contributed by atoms with van der Waals surface area (Å²) in [5.41, 5.74) is 10.7. The maximum atomic E-state index is 13.0. The average molecular weight is 360 g/mol. The fraction of sp³-hybridized carbons (Fsp3) is 0.0741. The Labute approximate surface area is 165 Å². The summed E-state index contributed by atoms with van der Waals surface area (Å²) in [7, 11) is 0. The zero-order chi connectivity index (χ0) is 19.3. The number of benzene rings is 4. The van der Waals surface area contributed by atoms with Crippen molar-refractivity contribution in [2.24, 2.45) is 0 Å². The van der Waals surface area contributed by atoms with E-state index in [1.165, 1.54) is 16.7 Å². The van der Waals surface area contributed by atoms with E-state index in [-0.39, 0.29) is 5.78 Å². The van der Waals surface area contributed by atoms with Gasteiger partial charge in [0.25, 0.3) is 0 Å². The number of aryl methyl sites for hydroxylation is 2. The zero-order valence-corrected chi connectivity index (χ0v) is 16.0. The Morgan fingerprint density at radius 3 is 1.57 bits per heavy atom. The summed E-state index contributed by atoms with van der Waals surface area (Å²) in [6, 6.07) is 29.3. The summed E-state index contributed by atoms with van der Waals surface area (Å²) in [5, 5.41) is 0. The number of carbonyl (C=O) groups excluding carboxylic acids is 1. The fourth-order valence-electron chi connectivity index (χ4n) is 4.17. The Kier molecular flexibility index (Phi) is 3.77. The van der Waals surface area contributed by atoms with Gasteiger partial charge in [-0.25, -0.2) is 0 Å². The highest BCUT2D eigenvalue weighted by molar-refractivity contribution is 6.22. The molecule has 5 rings (SSSR count). The van der Waals surface area contributed by atoms with Crippen molar-refractivity contribution in [3.05, 3.63) is 107 Å². The van der Waals surface area contributed by atoms with Crippen LogP contribution < -0.4 is 0 Å². The predicted molar refractivity (Wildman–Crippen MR) is 116 cm³/mol. The first-order valence-electron chi connectivity index (χ1n) is 9.58. The van der Waals surface area contributed by atoms with Gasteiger partial charge in [-0.15, -0.1) is 0 Å².